The van der Waals surface area contributed by atoms with Crippen molar-refractivity contribution in [3.63, 3.8) is 0 Å². The number of carbonyl (C=O) groups is 2. The van der Waals surface area contributed by atoms with E-state index in [1.807, 2.05) is 0 Å². The molecule has 0 radical (unpaired) electrons. The zero-order chi connectivity index (χ0) is 12.1. The molecular formula is C11H9FO4. The molecule has 5 heteroatoms. The third-order valence-electron chi connectivity index (χ3n) is 1.78. The maximum Gasteiger partial charge on any atom is 0.335 e. The Morgan fingerprint density at radius 1 is 1.38 bits per heavy atom. The van der Waals surface area contributed by atoms with Gasteiger partial charge in [-0.15, -0.1) is 0 Å². The Labute approximate surface area is 91.0 Å². The lowest BCUT2D eigenvalue weighted by atomic mass is 10.1. The van der Waals surface area contributed by atoms with Crippen LogP contribution in [0, 0.1) is 5.82 Å². The average Bonchev–Trinajstić information content (AvgIpc) is 2.25. The van der Waals surface area contributed by atoms with E-state index in [4.69, 9.17) is 5.11 Å². The number of methoxy groups -OCH3 is 1. The molecule has 4 nitrogen and oxygen atoms in total. The first kappa shape index (κ1) is 11.9. The second kappa shape index (κ2) is 5.06. The van der Waals surface area contributed by atoms with E-state index in [1.165, 1.54) is 19.3 Å². The van der Waals surface area contributed by atoms with Gasteiger partial charge in [0.15, 0.2) is 0 Å². The molecule has 0 aromatic heterocycles. The first-order chi connectivity index (χ1) is 7.52. The smallest absolute Gasteiger partial charge is 0.335 e. The predicted octanol–water partition coefficient (Wildman–Crippen LogP) is 1.71. The monoisotopic (exact) mass is 224 g/mol. The second-order valence-corrected chi connectivity index (χ2v) is 2.93. The summed E-state index contributed by atoms with van der Waals surface area (Å²) < 4.78 is 17.3. The van der Waals surface area contributed by atoms with Crippen LogP contribution in [0.15, 0.2) is 24.3 Å². The zero-order valence-corrected chi connectivity index (χ0v) is 8.44. The number of hydrogen-bond donors (Lipinski definition) is 1. The van der Waals surface area contributed by atoms with Gasteiger partial charge < -0.3 is 9.84 Å². The van der Waals surface area contributed by atoms with Gasteiger partial charge in [-0.2, -0.15) is 0 Å². The third kappa shape index (κ3) is 3.20. The molecule has 0 aliphatic heterocycles. The molecule has 0 atom stereocenters. The molecule has 0 aliphatic carbocycles. The molecule has 0 saturated carbocycles. The highest BCUT2D eigenvalue weighted by Crippen LogP contribution is 2.11. The number of carboxylic acids is 1. The Balaban J connectivity index is 3.01. The fourth-order valence-electron chi connectivity index (χ4n) is 1.06. The summed E-state index contributed by atoms with van der Waals surface area (Å²) in [5.74, 6) is -2.50. The summed E-state index contributed by atoms with van der Waals surface area (Å²) in [4.78, 5) is 21.4. The van der Waals surface area contributed by atoms with Crippen LogP contribution in [0.5, 0.6) is 0 Å². The van der Waals surface area contributed by atoms with Crippen LogP contribution in [0.25, 0.3) is 6.08 Å². The molecule has 1 aromatic carbocycles. The van der Waals surface area contributed by atoms with E-state index in [2.05, 4.69) is 4.74 Å². The Morgan fingerprint density at radius 2 is 2.06 bits per heavy atom. The molecule has 0 spiro atoms. The quantitative estimate of drug-likeness (QED) is 0.627. The van der Waals surface area contributed by atoms with E-state index in [0.29, 0.717) is 0 Å². The molecule has 0 saturated heterocycles. The van der Waals surface area contributed by atoms with Gasteiger partial charge in [0.1, 0.15) is 5.82 Å². The van der Waals surface area contributed by atoms with Crippen molar-refractivity contribution in [2.75, 3.05) is 7.11 Å². The lowest BCUT2D eigenvalue weighted by Crippen LogP contribution is -1.98. The van der Waals surface area contributed by atoms with E-state index in [1.54, 1.807) is 0 Å². The van der Waals surface area contributed by atoms with Gasteiger partial charge in [0, 0.05) is 6.08 Å². The molecular weight excluding hydrogens is 215 g/mol. The van der Waals surface area contributed by atoms with Gasteiger partial charge in [-0.05, 0) is 29.8 Å². The summed E-state index contributed by atoms with van der Waals surface area (Å²) in [6, 6.07) is 3.27. The molecule has 1 rings (SSSR count). The molecule has 1 aromatic rings. The number of carbonyl (C=O) groups excluding carboxylic acids is 1. The molecule has 0 heterocycles. The summed E-state index contributed by atoms with van der Waals surface area (Å²) >= 11 is 0. The van der Waals surface area contributed by atoms with Gasteiger partial charge in [0.25, 0.3) is 0 Å². The van der Waals surface area contributed by atoms with Crippen LogP contribution in [0.2, 0.25) is 0 Å². The van der Waals surface area contributed by atoms with Crippen molar-refractivity contribution in [3.05, 3.63) is 41.2 Å². The molecule has 0 bridgehead atoms. The topological polar surface area (TPSA) is 63.6 Å². The van der Waals surface area contributed by atoms with Crippen molar-refractivity contribution in [2.24, 2.45) is 0 Å². The number of hydrogen-bond acceptors (Lipinski definition) is 3. The van der Waals surface area contributed by atoms with Crippen LogP contribution < -0.4 is 0 Å². The van der Waals surface area contributed by atoms with Gasteiger partial charge >= 0.3 is 11.9 Å². The second-order valence-electron chi connectivity index (χ2n) is 2.93. The largest absolute Gasteiger partial charge is 0.478 e. The number of aromatic carboxylic acids is 1. The minimum atomic E-state index is -1.23. The van der Waals surface area contributed by atoms with E-state index < -0.39 is 17.8 Å². The van der Waals surface area contributed by atoms with E-state index in [-0.39, 0.29) is 11.1 Å². The van der Waals surface area contributed by atoms with Crippen LogP contribution in [0.3, 0.4) is 0 Å². The van der Waals surface area contributed by atoms with E-state index in [9.17, 15) is 14.0 Å². The first-order valence-electron chi connectivity index (χ1n) is 4.33. The highest BCUT2D eigenvalue weighted by molar-refractivity contribution is 5.90. The van der Waals surface area contributed by atoms with Crippen molar-refractivity contribution < 1.29 is 23.8 Å². The van der Waals surface area contributed by atoms with Gasteiger partial charge in [0.2, 0.25) is 0 Å². The first-order valence-corrected chi connectivity index (χ1v) is 4.33. The lowest BCUT2D eigenvalue weighted by molar-refractivity contribution is -0.134. The highest BCUT2D eigenvalue weighted by atomic mass is 19.1. The number of carboxylic acid groups (broad SMARTS) is 1. The fourth-order valence-corrected chi connectivity index (χ4v) is 1.06. The Hall–Kier alpha value is -2.17. The fraction of sp³-hybridized carbons (Fsp3) is 0.0909. The number of ether oxygens (including phenoxy) is 1. The molecule has 1 N–H and O–H groups in total. The van der Waals surface area contributed by atoms with Crippen LogP contribution >= 0.6 is 0 Å². The number of benzene rings is 1. The average molecular weight is 224 g/mol. The van der Waals surface area contributed by atoms with Gasteiger partial charge in [-0.25, -0.2) is 14.0 Å². The van der Waals surface area contributed by atoms with Gasteiger partial charge in [-0.1, -0.05) is 0 Å². The zero-order valence-electron chi connectivity index (χ0n) is 8.44. The number of esters is 1. The van der Waals surface area contributed by atoms with Crippen molar-refractivity contribution >= 4 is 18.0 Å². The predicted molar refractivity (Wildman–Crippen MR) is 54.4 cm³/mol. The Kier molecular flexibility index (Phi) is 3.77. The minimum Gasteiger partial charge on any atom is -0.478 e. The summed E-state index contributed by atoms with van der Waals surface area (Å²) in [5.41, 5.74) is 0.104. The van der Waals surface area contributed by atoms with Crippen LogP contribution in [-0.2, 0) is 9.53 Å². The van der Waals surface area contributed by atoms with Crippen molar-refractivity contribution in [2.45, 2.75) is 0 Å². The van der Waals surface area contributed by atoms with E-state index in [0.717, 1.165) is 18.2 Å². The summed E-state index contributed by atoms with van der Waals surface area (Å²) in [5, 5.41) is 8.67. The molecule has 0 fully saturated rings. The summed E-state index contributed by atoms with van der Waals surface area (Å²) in [6.45, 7) is 0. The molecule has 16 heavy (non-hydrogen) atoms. The highest BCUT2D eigenvalue weighted by Gasteiger charge is 2.05. The van der Waals surface area contributed by atoms with Crippen molar-refractivity contribution in [1.82, 2.24) is 0 Å². The Bertz CT molecular complexity index is 451. The number of halogens is 1. The molecule has 84 valence electrons. The lowest BCUT2D eigenvalue weighted by Gasteiger charge is -1.98. The standard InChI is InChI=1S/C11H9FO4/c1-16-10(13)3-2-7-4-8(11(14)15)6-9(12)5-7/h2-6H,1H3,(H,14,15). The normalized spacial score (nSPS) is 10.4. The molecule has 0 amide bonds. The third-order valence-corrected chi connectivity index (χ3v) is 1.78. The van der Waals surface area contributed by atoms with Crippen molar-refractivity contribution in [3.8, 4) is 0 Å². The Morgan fingerprint density at radius 3 is 2.62 bits per heavy atom. The SMILES string of the molecule is COC(=O)C=Cc1cc(F)cc(C(=O)O)c1. The molecule has 0 unspecified atom stereocenters. The van der Waals surface area contributed by atoms with Gasteiger partial charge in [-0.3, -0.25) is 0 Å². The maximum atomic E-state index is 13.0. The number of rotatable bonds is 3. The van der Waals surface area contributed by atoms with Gasteiger partial charge in [0.05, 0.1) is 12.7 Å². The molecule has 0 aliphatic rings. The van der Waals surface area contributed by atoms with E-state index >= 15 is 0 Å². The van der Waals surface area contributed by atoms with Crippen molar-refractivity contribution in [1.29, 1.82) is 0 Å². The minimum absolute atomic E-state index is 0.176. The van der Waals surface area contributed by atoms with Crippen LogP contribution in [0.1, 0.15) is 15.9 Å². The van der Waals surface area contributed by atoms with Crippen LogP contribution in [-0.4, -0.2) is 24.2 Å². The summed E-state index contributed by atoms with van der Waals surface area (Å²) in [6.07, 6.45) is 2.36. The summed E-state index contributed by atoms with van der Waals surface area (Å²) in [7, 11) is 1.21. The maximum absolute atomic E-state index is 13.0. The van der Waals surface area contributed by atoms with Crippen LogP contribution in [0.4, 0.5) is 4.39 Å².